The Labute approximate surface area is 122 Å². The number of hydrogen-bond acceptors (Lipinski definition) is 4. The molecule has 1 aromatic rings. The van der Waals surface area contributed by atoms with Crippen LogP contribution in [0.5, 0.6) is 5.75 Å². The average Bonchev–Trinajstić information content (AvgIpc) is 2.44. The van der Waals surface area contributed by atoms with E-state index in [1.807, 2.05) is 19.9 Å². The normalized spacial score (nSPS) is 12.7. The highest BCUT2D eigenvalue weighted by atomic mass is 16.5. The molecule has 114 valence electrons. The van der Waals surface area contributed by atoms with Crippen LogP contribution in [0.15, 0.2) is 18.2 Å². The smallest absolute Gasteiger partial charge is 0.124 e. The summed E-state index contributed by atoms with van der Waals surface area (Å²) in [6.07, 6.45) is 0.940. The van der Waals surface area contributed by atoms with Gasteiger partial charge in [0.2, 0.25) is 0 Å². The first-order valence-electron chi connectivity index (χ1n) is 7.31. The topological polar surface area (TPSA) is 47.7 Å². The number of nitrogens with zero attached hydrogens (tertiary/aromatic N) is 1. The number of ether oxygens (including phenoxy) is 2. The van der Waals surface area contributed by atoms with Crippen LogP contribution in [0.1, 0.15) is 25.0 Å². The third kappa shape index (κ3) is 5.12. The Balaban J connectivity index is 2.87. The summed E-state index contributed by atoms with van der Waals surface area (Å²) in [5, 5.41) is 0. The minimum Gasteiger partial charge on any atom is -0.494 e. The summed E-state index contributed by atoms with van der Waals surface area (Å²) in [6, 6.07) is 6.68. The number of rotatable bonds is 9. The zero-order chi connectivity index (χ0) is 15.0. The fourth-order valence-corrected chi connectivity index (χ4v) is 2.13. The Morgan fingerprint density at radius 3 is 2.50 bits per heavy atom. The summed E-state index contributed by atoms with van der Waals surface area (Å²) in [6.45, 7) is 6.62. The Bertz CT molecular complexity index is 394. The van der Waals surface area contributed by atoms with Gasteiger partial charge >= 0.3 is 0 Å². The van der Waals surface area contributed by atoms with Gasteiger partial charge in [-0.3, -0.25) is 0 Å². The Morgan fingerprint density at radius 2 is 1.95 bits per heavy atom. The second-order valence-electron chi connectivity index (χ2n) is 5.07. The summed E-state index contributed by atoms with van der Waals surface area (Å²) < 4.78 is 11.2. The van der Waals surface area contributed by atoms with Crippen LogP contribution in [-0.2, 0) is 17.8 Å². The highest BCUT2D eigenvalue weighted by Crippen LogP contribution is 2.22. The lowest BCUT2D eigenvalue weighted by Gasteiger charge is -2.23. The van der Waals surface area contributed by atoms with Crippen LogP contribution >= 0.6 is 0 Å². The van der Waals surface area contributed by atoms with E-state index in [0.717, 1.165) is 17.7 Å². The second-order valence-corrected chi connectivity index (χ2v) is 5.07. The predicted molar refractivity (Wildman–Crippen MR) is 83.2 cm³/mol. The van der Waals surface area contributed by atoms with Crippen molar-refractivity contribution in [3.63, 3.8) is 0 Å². The molecule has 0 spiro atoms. The van der Waals surface area contributed by atoms with E-state index in [2.05, 4.69) is 31.1 Å². The lowest BCUT2D eigenvalue weighted by molar-refractivity contribution is 0.131. The van der Waals surface area contributed by atoms with E-state index in [9.17, 15) is 0 Å². The molecule has 2 N–H and O–H groups in total. The second kappa shape index (κ2) is 8.95. The van der Waals surface area contributed by atoms with Crippen LogP contribution in [0.4, 0.5) is 0 Å². The molecular weight excluding hydrogens is 252 g/mol. The summed E-state index contributed by atoms with van der Waals surface area (Å²) in [5.41, 5.74) is 8.21. The maximum Gasteiger partial charge on any atom is 0.124 e. The van der Waals surface area contributed by atoms with Crippen LogP contribution in [0.3, 0.4) is 0 Å². The van der Waals surface area contributed by atoms with E-state index >= 15 is 0 Å². The number of likely N-dealkylation sites (N-methyl/N-ethyl adjacent to an activating group) is 1. The molecule has 4 nitrogen and oxygen atoms in total. The van der Waals surface area contributed by atoms with Crippen LogP contribution < -0.4 is 10.5 Å². The number of benzene rings is 1. The molecule has 1 atom stereocenters. The SMILES string of the molecule is CCOCc1cc(C[C@@H](CN)N(C)C)ccc1OCC. The molecule has 0 saturated carbocycles. The molecule has 0 aliphatic rings. The molecule has 0 fully saturated rings. The molecule has 0 saturated heterocycles. The summed E-state index contributed by atoms with van der Waals surface area (Å²) in [4.78, 5) is 2.17. The third-order valence-corrected chi connectivity index (χ3v) is 3.36. The van der Waals surface area contributed by atoms with Crippen LogP contribution in [0.25, 0.3) is 0 Å². The van der Waals surface area contributed by atoms with Crippen molar-refractivity contribution in [3.05, 3.63) is 29.3 Å². The van der Waals surface area contributed by atoms with Crippen molar-refractivity contribution in [3.8, 4) is 5.75 Å². The molecular formula is C16H28N2O2. The van der Waals surface area contributed by atoms with E-state index in [1.165, 1.54) is 5.56 Å². The van der Waals surface area contributed by atoms with Gasteiger partial charge in [0, 0.05) is 24.8 Å². The lowest BCUT2D eigenvalue weighted by Crippen LogP contribution is -2.36. The molecule has 0 aliphatic carbocycles. The van der Waals surface area contributed by atoms with Crippen molar-refractivity contribution >= 4 is 0 Å². The van der Waals surface area contributed by atoms with E-state index in [-0.39, 0.29) is 0 Å². The van der Waals surface area contributed by atoms with E-state index in [1.54, 1.807) is 0 Å². The average molecular weight is 280 g/mol. The Hall–Kier alpha value is -1.10. The predicted octanol–water partition coefficient (Wildman–Crippen LogP) is 2.05. The quantitative estimate of drug-likeness (QED) is 0.752. The fourth-order valence-electron chi connectivity index (χ4n) is 2.13. The van der Waals surface area contributed by atoms with Gasteiger partial charge in [-0.05, 0) is 52.1 Å². The van der Waals surface area contributed by atoms with Gasteiger partial charge in [0.15, 0.2) is 0 Å². The van der Waals surface area contributed by atoms with Crippen molar-refractivity contribution < 1.29 is 9.47 Å². The zero-order valence-electron chi connectivity index (χ0n) is 13.2. The fraction of sp³-hybridized carbons (Fsp3) is 0.625. The Morgan fingerprint density at radius 1 is 1.20 bits per heavy atom. The molecule has 0 aromatic heterocycles. The minimum atomic E-state index is 0.355. The van der Waals surface area contributed by atoms with Gasteiger partial charge in [0.1, 0.15) is 5.75 Å². The molecule has 1 aromatic carbocycles. The highest BCUT2D eigenvalue weighted by molar-refractivity contribution is 5.37. The molecule has 0 radical (unpaired) electrons. The molecule has 0 aliphatic heterocycles. The summed E-state index contributed by atoms with van der Waals surface area (Å²) >= 11 is 0. The van der Waals surface area contributed by atoms with Gasteiger partial charge in [-0.1, -0.05) is 6.07 Å². The zero-order valence-corrected chi connectivity index (χ0v) is 13.2. The molecule has 0 unspecified atom stereocenters. The van der Waals surface area contributed by atoms with Crippen LogP contribution in [-0.4, -0.2) is 44.8 Å². The van der Waals surface area contributed by atoms with Crippen LogP contribution in [0, 0.1) is 0 Å². The molecule has 4 heteroatoms. The highest BCUT2D eigenvalue weighted by Gasteiger charge is 2.12. The van der Waals surface area contributed by atoms with Gasteiger partial charge in [0.05, 0.1) is 13.2 Å². The number of hydrogen-bond donors (Lipinski definition) is 1. The molecule has 20 heavy (non-hydrogen) atoms. The number of nitrogens with two attached hydrogens (primary N) is 1. The Kier molecular flexibility index (Phi) is 7.59. The van der Waals surface area contributed by atoms with Crippen molar-refractivity contribution in [1.82, 2.24) is 4.90 Å². The molecule has 1 rings (SSSR count). The van der Waals surface area contributed by atoms with Gasteiger partial charge < -0.3 is 20.1 Å². The first-order chi connectivity index (χ1) is 9.62. The maximum atomic E-state index is 5.83. The van der Waals surface area contributed by atoms with Gasteiger partial charge in [0.25, 0.3) is 0 Å². The minimum absolute atomic E-state index is 0.355. The van der Waals surface area contributed by atoms with Crippen molar-refractivity contribution in [2.75, 3.05) is 33.9 Å². The van der Waals surface area contributed by atoms with Gasteiger partial charge in [-0.25, -0.2) is 0 Å². The molecule has 0 heterocycles. The van der Waals surface area contributed by atoms with Crippen molar-refractivity contribution in [2.24, 2.45) is 5.73 Å². The van der Waals surface area contributed by atoms with E-state index in [0.29, 0.717) is 32.4 Å². The lowest BCUT2D eigenvalue weighted by atomic mass is 10.0. The van der Waals surface area contributed by atoms with Crippen molar-refractivity contribution in [1.29, 1.82) is 0 Å². The summed E-state index contributed by atoms with van der Waals surface area (Å²) in [5.74, 6) is 0.916. The van der Waals surface area contributed by atoms with Crippen molar-refractivity contribution in [2.45, 2.75) is 32.9 Å². The first kappa shape index (κ1) is 17.0. The summed E-state index contributed by atoms with van der Waals surface area (Å²) in [7, 11) is 4.13. The van der Waals surface area contributed by atoms with E-state index < -0.39 is 0 Å². The van der Waals surface area contributed by atoms with E-state index in [4.69, 9.17) is 15.2 Å². The standard InChI is InChI=1S/C16H28N2O2/c1-5-19-12-14-9-13(7-8-16(14)20-6-2)10-15(11-17)18(3)4/h7-9,15H,5-6,10-12,17H2,1-4H3/t15-/m0/s1. The van der Waals surface area contributed by atoms with Gasteiger partial charge in [-0.15, -0.1) is 0 Å². The third-order valence-electron chi connectivity index (χ3n) is 3.36. The monoisotopic (exact) mass is 280 g/mol. The molecule has 0 amide bonds. The van der Waals surface area contributed by atoms with Gasteiger partial charge in [-0.2, -0.15) is 0 Å². The van der Waals surface area contributed by atoms with Crippen LogP contribution in [0.2, 0.25) is 0 Å². The first-order valence-corrected chi connectivity index (χ1v) is 7.31. The molecule has 0 bridgehead atoms. The maximum absolute atomic E-state index is 5.83. The largest absolute Gasteiger partial charge is 0.494 e.